The lowest BCUT2D eigenvalue weighted by molar-refractivity contribution is 0.654. The molecular weight excluding hydrogens is 512 g/mol. The van der Waals surface area contributed by atoms with Gasteiger partial charge in [0.1, 0.15) is 5.58 Å². The van der Waals surface area contributed by atoms with Crippen molar-refractivity contribution in [3.8, 4) is 22.3 Å². The van der Waals surface area contributed by atoms with Gasteiger partial charge in [-0.3, -0.25) is 0 Å². The summed E-state index contributed by atoms with van der Waals surface area (Å²) in [6.07, 6.45) is 1.77. The number of hydrogen-bond donors (Lipinski definition) is 0. The summed E-state index contributed by atoms with van der Waals surface area (Å²) in [5.74, 6) is 0. The van der Waals surface area contributed by atoms with E-state index in [1.807, 2.05) is 18.2 Å². The minimum Gasteiger partial charge on any atom is -0.438 e. The molecule has 2 aromatic heterocycles. The molecule has 8 aromatic rings. The zero-order valence-corrected chi connectivity index (χ0v) is 22.8. The fourth-order valence-electron chi connectivity index (χ4n) is 5.89. The van der Waals surface area contributed by atoms with E-state index >= 15 is 0 Å². The van der Waals surface area contributed by atoms with Crippen LogP contribution in [-0.4, -0.2) is 4.98 Å². The third-order valence-corrected chi connectivity index (χ3v) is 7.95. The highest BCUT2D eigenvalue weighted by molar-refractivity contribution is 6.05. The van der Waals surface area contributed by atoms with Crippen molar-refractivity contribution in [1.29, 1.82) is 0 Å². The maximum Gasteiger partial charge on any atom is 0.227 e. The van der Waals surface area contributed by atoms with Gasteiger partial charge in [-0.25, -0.2) is 4.98 Å². The summed E-state index contributed by atoms with van der Waals surface area (Å²) >= 11 is 0. The molecule has 3 heteroatoms. The molecule has 0 saturated carbocycles. The molecule has 0 fully saturated rings. The molecule has 0 unspecified atom stereocenters. The summed E-state index contributed by atoms with van der Waals surface area (Å²) < 4.78 is 6.03. The lowest BCUT2D eigenvalue weighted by atomic mass is 9.98. The van der Waals surface area contributed by atoms with E-state index in [4.69, 9.17) is 4.42 Å². The van der Waals surface area contributed by atoms with Crippen LogP contribution in [0.2, 0.25) is 0 Å². The first-order valence-electron chi connectivity index (χ1n) is 14.1. The van der Waals surface area contributed by atoms with E-state index in [0.717, 1.165) is 33.4 Å². The van der Waals surface area contributed by atoms with Crippen molar-refractivity contribution < 1.29 is 4.42 Å². The van der Waals surface area contributed by atoms with Crippen molar-refractivity contribution in [2.24, 2.45) is 0 Å². The Labute approximate surface area is 243 Å². The smallest absolute Gasteiger partial charge is 0.227 e. The summed E-state index contributed by atoms with van der Waals surface area (Å²) in [5.41, 5.74) is 9.52. The van der Waals surface area contributed by atoms with Crippen molar-refractivity contribution in [2.45, 2.75) is 0 Å². The molecule has 198 valence electrons. The number of fused-ring (bicyclic) bond motifs is 4. The number of aromatic nitrogens is 1. The number of hydrogen-bond acceptors (Lipinski definition) is 3. The summed E-state index contributed by atoms with van der Waals surface area (Å²) in [6.45, 7) is 0. The van der Waals surface area contributed by atoms with E-state index < -0.39 is 0 Å². The molecule has 0 aliphatic rings. The highest BCUT2D eigenvalue weighted by atomic mass is 16.3. The van der Waals surface area contributed by atoms with Crippen LogP contribution in [0.15, 0.2) is 162 Å². The predicted octanol–water partition coefficient (Wildman–Crippen LogP) is 10.9. The monoisotopic (exact) mass is 538 g/mol. The average molecular weight is 539 g/mol. The largest absolute Gasteiger partial charge is 0.438 e. The zero-order valence-electron chi connectivity index (χ0n) is 22.8. The molecule has 42 heavy (non-hydrogen) atoms. The van der Waals surface area contributed by atoms with Gasteiger partial charge >= 0.3 is 0 Å². The quantitative estimate of drug-likeness (QED) is 0.218. The first kappa shape index (κ1) is 24.2. The van der Waals surface area contributed by atoms with Crippen LogP contribution in [0.5, 0.6) is 0 Å². The second-order valence-corrected chi connectivity index (χ2v) is 10.5. The normalized spacial score (nSPS) is 11.3. The Morgan fingerprint density at radius 3 is 1.90 bits per heavy atom. The highest BCUT2D eigenvalue weighted by Gasteiger charge is 2.16. The predicted molar refractivity (Wildman–Crippen MR) is 175 cm³/mol. The molecule has 0 amide bonds. The number of nitrogens with zero attached hydrogens (tertiary/aromatic N) is 2. The average Bonchev–Trinajstić information content (AvgIpc) is 3.44. The lowest BCUT2D eigenvalue weighted by Crippen LogP contribution is -2.09. The zero-order chi connectivity index (χ0) is 27.9. The Morgan fingerprint density at radius 2 is 1.10 bits per heavy atom. The van der Waals surface area contributed by atoms with Crippen molar-refractivity contribution in [1.82, 2.24) is 4.98 Å². The SMILES string of the molecule is c1ccc(-c2ccc(N(c3ccc(-c4cccc5ccccc45)cc3)c3ccc4oc5ncccc5c4c3)cc2)cc1. The summed E-state index contributed by atoms with van der Waals surface area (Å²) in [6, 6.07) is 53.6. The Hall–Kier alpha value is -5.67. The van der Waals surface area contributed by atoms with Gasteiger partial charge in [0.15, 0.2) is 0 Å². The van der Waals surface area contributed by atoms with Crippen LogP contribution in [0, 0.1) is 0 Å². The van der Waals surface area contributed by atoms with Crippen LogP contribution in [0.4, 0.5) is 17.1 Å². The van der Waals surface area contributed by atoms with Crippen LogP contribution < -0.4 is 4.90 Å². The molecule has 0 aliphatic heterocycles. The topological polar surface area (TPSA) is 29.3 Å². The molecule has 6 aromatic carbocycles. The Bertz CT molecular complexity index is 2170. The minimum atomic E-state index is 0.655. The first-order valence-corrected chi connectivity index (χ1v) is 14.1. The van der Waals surface area contributed by atoms with E-state index in [1.54, 1.807) is 6.20 Å². The molecular formula is C39H26N2O. The van der Waals surface area contributed by atoms with Gasteiger partial charge in [-0.05, 0) is 87.6 Å². The number of anilines is 3. The molecule has 0 spiro atoms. The van der Waals surface area contributed by atoms with Crippen LogP contribution >= 0.6 is 0 Å². The van der Waals surface area contributed by atoms with Gasteiger partial charge in [-0.1, -0.05) is 97.1 Å². The van der Waals surface area contributed by atoms with Gasteiger partial charge in [0.25, 0.3) is 0 Å². The molecule has 0 saturated heterocycles. The number of benzene rings is 6. The van der Waals surface area contributed by atoms with Gasteiger partial charge in [0, 0.05) is 34.0 Å². The third kappa shape index (κ3) is 4.20. The van der Waals surface area contributed by atoms with Crippen molar-refractivity contribution in [3.63, 3.8) is 0 Å². The maximum atomic E-state index is 6.03. The van der Waals surface area contributed by atoms with Crippen LogP contribution in [0.25, 0.3) is 55.1 Å². The first-order chi connectivity index (χ1) is 20.8. The molecule has 0 N–H and O–H groups in total. The number of furan rings is 1. The highest BCUT2D eigenvalue weighted by Crippen LogP contribution is 2.40. The van der Waals surface area contributed by atoms with Gasteiger partial charge < -0.3 is 9.32 Å². The van der Waals surface area contributed by atoms with Gasteiger partial charge in [0.2, 0.25) is 5.71 Å². The van der Waals surface area contributed by atoms with E-state index in [-0.39, 0.29) is 0 Å². The van der Waals surface area contributed by atoms with Crippen LogP contribution in [-0.2, 0) is 0 Å². The second kappa shape index (κ2) is 10.1. The van der Waals surface area contributed by atoms with Gasteiger partial charge in [-0.15, -0.1) is 0 Å². The molecule has 0 atom stereocenters. The summed E-state index contributed by atoms with van der Waals surface area (Å²) in [7, 11) is 0. The minimum absolute atomic E-state index is 0.655. The van der Waals surface area contributed by atoms with Crippen LogP contribution in [0.1, 0.15) is 0 Å². The van der Waals surface area contributed by atoms with Crippen molar-refractivity contribution >= 4 is 49.9 Å². The van der Waals surface area contributed by atoms with E-state index in [9.17, 15) is 0 Å². The maximum absolute atomic E-state index is 6.03. The molecule has 8 rings (SSSR count). The second-order valence-electron chi connectivity index (χ2n) is 10.5. The van der Waals surface area contributed by atoms with E-state index in [2.05, 4.69) is 143 Å². The standard InChI is InChI=1S/C39H26N2O/c1-2-8-27(9-3-1)28-15-19-31(20-16-28)41(33-23-24-38-37(26-33)36-14-7-25-40-39(36)42-38)32-21-17-30(18-22-32)35-13-6-11-29-10-4-5-12-34(29)35/h1-26H. The molecule has 2 heterocycles. The molecule has 0 aliphatic carbocycles. The number of pyridine rings is 1. The van der Waals surface area contributed by atoms with Crippen LogP contribution in [0.3, 0.4) is 0 Å². The van der Waals surface area contributed by atoms with Gasteiger partial charge in [-0.2, -0.15) is 0 Å². The van der Waals surface area contributed by atoms with Crippen molar-refractivity contribution in [3.05, 3.63) is 158 Å². The third-order valence-electron chi connectivity index (χ3n) is 7.95. The Kier molecular flexibility index (Phi) is 5.79. The fraction of sp³-hybridized carbons (Fsp3) is 0. The summed E-state index contributed by atoms with van der Waals surface area (Å²) in [4.78, 5) is 6.73. The molecule has 0 bridgehead atoms. The Balaban J connectivity index is 1.25. The Morgan fingerprint density at radius 1 is 0.452 bits per heavy atom. The van der Waals surface area contributed by atoms with Crippen molar-refractivity contribution in [2.75, 3.05) is 4.90 Å². The molecule has 3 nitrogen and oxygen atoms in total. The number of rotatable bonds is 5. The van der Waals surface area contributed by atoms with E-state index in [0.29, 0.717) is 5.71 Å². The lowest BCUT2D eigenvalue weighted by Gasteiger charge is -2.26. The van der Waals surface area contributed by atoms with Gasteiger partial charge in [0.05, 0.1) is 0 Å². The summed E-state index contributed by atoms with van der Waals surface area (Å²) in [5, 5.41) is 4.57. The van der Waals surface area contributed by atoms with E-state index in [1.165, 1.54) is 33.0 Å². The fourth-order valence-corrected chi connectivity index (χ4v) is 5.89. The molecule has 0 radical (unpaired) electrons.